The minimum absolute atomic E-state index is 0.200. The second-order valence-electron chi connectivity index (χ2n) is 8.67. The fraction of sp³-hybridized carbons (Fsp3) is 0.393. The topological polar surface area (TPSA) is 113 Å². The van der Waals surface area contributed by atoms with Crippen LogP contribution in [0.2, 0.25) is 0 Å². The maximum Gasteiger partial charge on any atom is 0.351 e. The van der Waals surface area contributed by atoms with Gasteiger partial charge in [-0.05, 0) is 87.0 Å². The lowest BCUT2D eigenvalue weighted by Gasteiger charge is -2.33. The maximum atomic E-state index is 12.0. The van der Waals surface area contributed by atoms with E-state index in [1.54, 1.807) is 18.7 Å². The third-order valence-corrected chi connectivity index (χ3v) is 7.13. The summed E-state index contributed by atoms with van der Waals surface area (Å²) in [6.07, 6.45) is 3.22. The number of carboxylic acids is 1. The predicted molar refractivity (Wildman–Crippen MR) is 146 cm³/mol. The van der Waals surface area contributed by atoms with Crippen LogP contribution in [0.15, 0.2) is 65.6 Å². The number of carboxylic acid groups (broad SMARTS) is 1. The molecule has 0 aliphatic heterocycles. The molecule has 0 saturated carbocycles. The van der Waals surface area contributed by atoms with Crippen molar-refractivity contribution in [3.63, 3.8) is 0 Å². The minimum Gasteiger partial charge on any atom is -0.492 e. The molecule has 1 unspecified atom stereocenters. The van der Waals surface area contributed by atoms with Gasteiger partial charge >= 0.3 is 5.97 Å². The Balaban J connectivity index is 1.70. The van der Waals surface area contributed by atoms with Crippen molar-refractivity contribution in [3.8, 4) is 17.0 Å². The van der Waals surface area contributed by atoms with E-state index in [1.165, 1.54) is 16.2 Å². The fourth-order valence-corrected chi connectivity index (χ4v) is 4.84. The molecular formula is C28H37N3O4S. The molecule has 1 heterocycles. The van der Waals surface area contributed by atoms with Gasteiger partial charge in [-0.3, -0.25) is 5.73 Å². The predicted octanol–water partition coefficient (Wildman–Crippen LogP) is 4.86. The van der Waals surface area contributed by atoms with Crippen molar-refractivity contribution in [1.29, 1.82) is 0 Å². The molecule has 3 aromatic rings. The summed E-state index contributed by atoms with van der Waals surface area (Å²) in [5.41, 5.74) is 14.4. The zero-order valence-corrected chi connectivity index (χ0v) is 22.1. The molecule has 2 aromatic carbocycles. The highest BCUT2D eigenvalue weighted by molar-refractivity contribution is 7.98. The standard InChI is InChI=1S/C28H37N3O4S/c1-4-35-28(30,27(32)33)25(6-5-17-29)21-8-12-23(13-9-21)34-19-18-31-20(2)7-16-26(31)22-10-14-24(36-3)15-11-22/h7-16,25H,4-6,17-19,29-30H2,1-3H3,(H,32,33)/t25?,28-/m0/s1. The Morgan fingerprint density at radius 3 is 2.39 bits per heavy atom. The monoisotopic (exact) mass is 511 g/mol. The number of nitrogens with two attached hydrogens (primary N) is 2. The van der Waals surface area contributed by atoms with Crippen molar-refractivity contribution in [2.24, 2.45) is 11.5 Å². The first-order valence-corrected chi connectivity index (χ1v) is 13.5. The van der Waals surface area contributed by atoms with Crippen LogP contribution in [0, 0.1) is 6.92 Å². The molecule has 0 fully saturated rings. The van der Waals surface area contributed by atoms with Crippen LogP contribution in [0.3, 0.4) is 0 Å². The van der Waals surface area contributed by atoms with Gasteiger partial charge in [-0.15, -0.1) is 11.8 Å². The van der Waals surface area contributed by atoms with Crippen molar-refractivity contribution in [2.75, 3.05) is 26.0 Å². The Morgan fingerprint density at radius 2 is 1.81 bits per heavy atom. The number of carbonyl (C=O) groups is 1. The van der Waals surface area contributed by atoms with E-state index in [2.05, 4.69) is 54.1 Å². The Bertz CT molecular complexity index is 1110. The van der Waals surface area contributed by atoms with Crippen LogP contribution in [-0.4, -0.2) is 47.4 Å². The summed E-state index contributed by atoms with van der Waals surface area (Å²) >= 11 is 1.73. The van der Waals surface area contributed by atoms with Crippen LogP contribution in [0.4, 0.5) is 0 Å². The highest BCUT2D eigenvalue weighted by Crippen LogP contribution is 2.33. The molecule has 194 valence electrons. The number of aliphatic carboxylic acids is 1. The molecule has 3 rings (SSSR count). The van der Waals surface area contributed by atoms with Crippen LogP contribution >= 0.6 is 11.8 Å². The second-order valence-corrected chi connectivity index (χ2v) is 9.55. The molecule has 1 aromatic heterocycles. The lowest BCUT2D eigenvalue weighted by Crippen LogP contribution is -2.55. The van der Waals surface area contributed by atoms with Gasteiger partial charge in [0.15, 0.2) is 0 Å². The van der Waals surface area contributed by atoms with E-state index < -0.39 is 17.6 Å². The smallest absolute Gasteiger partial charge is 0.351 e. The zero-order chi connectivity index (χ0) is 26.1. The van der Waals surface area contributed by atoms with Gasteiger partial charge in [0.1, 0.15) is 12.4 Å². The molecule has 5 N–H and O–H groups in total. The third-order valence-electron chi connectivity index (χ3n) is 6.38. The van der Waals surface area contributed by atoms with Crippen LogP contribution in [-0.2, 0) is 16.1 Å². The first-order chi connectivity index (χ1) is 17.3. The molecule has 0 saturated heterocycles. The lowest BCUT2D eigenvalue weighted by atomic mass is 9.84. The molecule has 0 bridgehead atoms. The van der Waals surface area contributed by atoms with Gasteiger partial charge in [-0.2, -0.15) is 0 Å². The average molecular weight is 512 g/mol. The quantitative estimate of drug-likeness (QED) is 0.209. The molecule has 7 nitrogen and oxygen atoms in total. The first-order valence-electron chi connectivity index (χ1n) is 12.2. The van der Waals surface area contributed by atoms with Crippen molar-refractivity contribution in [2.45, 2.75) is 49.8 Å². The zero-order valence-electron chi connectivity index (χ0n) is 21.3. The van der Waals surface area contributed by atoms with E-state index in [-0.39, 0.29) is 6.61 Å². The molecule has 0 aliphatic carbocycles. The van der Waals surface area contributed by atoms with Gasteiger partial charge in [0.05, 0.1) is 6.54 Å². The van der Waals surface area contributed by atoms with E-state index in [4.69, 9.17) is 20.9 Å². The van der Waals surface area contributed by atoms with Gasteiger partial charge in [0.2, 0.25) is 5.72 Å². The summed E-state index contributed by atoms with van der Waals surface area (Å²) in [6, 6.07) is 20.2. The van der Waals surface area contributed by atoms with Gasteiger partial charge in [0, 0.05) is 28.8 Å². The molecular weight excluding hydrogens is 474 g/mol. The summed E-state index contributed by atoms with van der Waals surface area (Å²) in [6.45, 7) is 5.67. The van der Waals surface area contributed by atoms with Gasteiger partial charge in [0.25, 0.3) is 0 Å². The average Bonchev–Trinajstić information content (AvgIpc) is 3.25. The molecule has 2 atom stereocenters. The summed E-state index contributed by atoms with van der Waals surface area (Å²) < 4.78 is 13.8. The highest BCUT2D eigenvalue weighted by Gasteiger charge is 2.44. The lowest BCUT2D eigenvalue weighted by molar-refractivity contribution is -0.169. The number of aryl methyl sites for hydroxylation is 1. The van der Waals surface area contributed by atoms with Crippen molar-refractivity contribution >= 4 is 17.7 Å². The molecule has 36 heavy (non-hydrogen) atoms. The number of benzene rings is 2. The summed E-state index contributed by atoms with van der Waals surface area (Å²) in [7, 11) is 0. The Morgan fingerprint density at radius 1 is 1.11 bits per heavy atom. The second kappa shape index (κ2) is 13.0. The maximum absolute atomic E-state index is 12.0. The summed E-state index contributed by atoms with van der Waals surface area (Å²) in [4.78, 5) is 13.2. The number of aromatic nitrogens is 1. The number of hydrogen-bond donors (Lipinski definition) is 3. The minimum atomic E-state index is -1.82. The normalized spacial score (nSPS) is 13.8. The van der Waals surface area contributed by atoms with Crippen LogP contribution < -0.4 is 16.2 Å². The largest absolute Gasteiger partial charge is 0.492 e. The van der Waals surface area contributed by atoms with E-state index in [9.17, 15) is 9.90 Å². The summed E-state index contributed by atoms with van der Waals surface area (Å²) in [5.74, 6) is -1.01. The van der Waals surface area contributed by atoms with E-state index >= 15 is 0 Å². The summed E-state index contributed by atoms with van der Waals surface area (Å²) in [5, 5.41) is 9.80. The van der Waals surface area contributed by atoms with Crippen molar-refractivity contribution in [3.05, 3.63) is 71.9 Å². The number of nitrogens with zero attached hydrogens (tertiary/aromatic N) is 1. The van der Waals surface area contributed by atoms with Gasteiger partial charge < -0.3 is 24.9 Å². The molecule has 0 aliphatic rings. The SMILES string of the molecule is CCO[C@](N)(C(=O)O)C(CCCN)c1ccc(OCCn2c(C)ccc2-c2ccc(SC)cc2)cc1. The third kappa shape index (κ3) is 6.50. The number of thioether (sulfide) groups is 1. The Hall–Kier alpha value is -2.78. The Labute approximate surface area is 217 Å². The number of ether oxygens (including phenoxy) is 2. The fourth-order valence-electron chi connectivity index (χ4n) is 4.43. The molecule has 0 spiro atoms. The van der Waals surface area contributed by atoms with Gasteiger partial charge in [-0.25, -0.2) is 4.79 Å². The van der Waals surface area contributed by atoms with Crippen molar-refractivity contribution in [1.82, 2.24) is 4.57 Å². The molecule has 0 amide bonds. The van der Waals surface area contributed by atoms with Crippen LogP contribution in [0.5, 0.6) is 5.75 Å². The number of rotatable bonds is 14. The highest BCUT2D eigenvalue weighted by atomic mass is 32.2. The molecule has 0 radical (unpaired) electrons. The van der Waals surface area contributed by atoms with E-state index in [0.717, 1.165) is 11.3 Å². The van der Waals surface area contributed by atoms with E-state index in [1.807, 2.05) is 24.3 Å². The first kappa shape index (κ1) is 27.8. The molecule has 8 heteroatoms. The van der Waals surface area contributed by atoms with Crippen LogP contribution in [0.25, 0.3) is 11.3 Å². The van der Waals surface area contributed by atoms with E-state index in [0.29, 0.717) is 38.3 Å². The number of hydrogen-bond acceptors (Lipinski definition) is 6. The van der Waals surface area contributed by atoms with Crippen molar-refractivity contribution < 1.29 is 19.4 Å². The van der Waals surface area contributed by atoms with Gasteiger partial charge in [-0.1, -0.05) is 24.3 Å². The Kier molecular flexibility index (Phi) is 10.0. The van der Waals surface area contributed by atoms with Crippen LogP contribution in [0.1, 0.15) is 36.9 Å².